The zero-order chi connectivity index (χ0) is 14.5. The van der Waals surface area contributed by atoms with E-state index in [4.69, 9.17) is 4.74 Å². The zero-order valence-electron chi connectivity index (χ0n) is 12.5. The molecule has 5 rings (SSSR count). The summed E-state index contributed by atoms with van der Waals surface area (Å²) in [5, 5.41) is 11.8. The number of nitrogens with zero attached hydrogens (tertiary/aromatic N) is 1. The number of allylic oxidation sites excluding steroid dienone is 5. The first-order valence-electron chi connectivity index (χ1n) is 7.66. The average molecular weight is 339 g/mol. The predicted octanol–water partition coefficient (Wildman–Crippen LogP) is 2.55. The van der Waals surface area contributed by atoms with Crippen LogP contribution in [0.5, 0.6) is 0 Å². The van der Waals surface area contributed by atoms with Gasteiger partial charge in [0, 0.05) is 0 Å². The second kappa shape index (κ2) is 8.33. The molecule has 4 heteroatoms. The van der Waals surface area contributed by atoms with Crippen LogP contribution in [0.2, 0.25) is 0 Å². The molecule has 1 atom stereocenters. The molecule has 1 aromatic carbocycles. The molecule has 0 aromatic heterocycles. The molecule has 22 heavy (non-hydrogen) atoms. The molecule has 3 saturated heterocycles. The van der Waals surface area contributed by atoms with E-state index in [1.165, 1.54) is 12.8 Å². The summed E-state index contributed by atoms with van der Waals surface area (Å²) in [6.45, 7) is 2.17. The molecular formula is C18H21FeNO2. The van der Waals surface area contributed by atoms with E-state index in [1.807, 2.05) is 42.5 Å². The van der Waals surface area contributed by atoms with Crippen LogP contribution < -0.4 is 5.11 Å². The van der Waals surface area contributed by atoms with E-state index in [0.717, 1.165) is 25.4 Å². The maximum Gasteiger partial charge on any atom is 2.00 e. The fraction of sp³-hybridized carbons (Fsp3) is 0.389. The summed E-state index contributed by atoms with van der Waals surface area (Å²) in [7, 11) is 0. The van der Waals surface area contributed by atoms with Crippen LogP contribution >= 0.6 is 0 Å². The van der Waals surface area contributed by atoms with Crippen LogP contribution in [0.1, 0.15) is 19.3 Å². The van der Waals surface area contributed by atoms with Gasteiger partial charge in [0.2, 0.25) is 0 Å². The van der Waals surface area contributed by atoms with E-state index in [2.05, 4.69) is 4.90 Å². The Kier molecular flexibility index (Phi) is 6.44. The first-order chi connectivity index (χ1) is 10.3. The number of hydrogen-bond donors (Lipinski definition) is 0. The third-order valence-electron chi connectivity index (χ3n) is 4.29. The van der Waals surface area contributed by atoms with Crippen LogP contribution in [-0.2, 0) is 21.8 Å². The minimum atomic E-state index is -0.178. The number of rotatable bonds is 2. The van der Waals surface area contributed by atoms with Crippen molar-refractivity contribution in [1.29, 1.82) is 0 Å². The smallest absolute Gasteiger partial charge is 0.595 e. The monoisotopic (exact) mass is 339 g/mol. The van der Waals surface area contributed by atoms with E-state index in [0.29, 0.717) is 5.57 Å². The van der Waals surface area contributed by atoms with E-state index in [9.17, 15) is 5.11 Å². The number of ether oxygens (including phenoxy) is 1. The van der Waals surface area contributed by atoms with Crippen LogP contribution in [0, 0.1) is 5.92 Å². The Balaban J connectivity index is 0.000000253. The van der Waals surface area contributed by atoms with Crippen molar-refractivity contribution in [1.82, 2.24) is 4.90 Å². The van der Waals surface area contributed by atoms with Gasteiger partial charge >= 0.3 is 17.1 Å². The molecule has 4 aliphatic rings. The molecule has 0 N–H and O–H groups in total. The van der Waals surface area contributed by atoms with Gasteiger partial charge in [0.1, 0.15) is 0 Å². The third-order valence-corrected chi connectivity index (χ3v) is 4.29. The Labute approximate surface area is 142 Å². The van der Waals surface area contributed by atoms with Gasteiger partial charge in [0.15, 0.2) is 0 Å². The molecule has 0 saturated carbocycles. The molecule has 3 nitrogen and oxygen atoms in total. The largest absolute Gasteiger partial charge is 2.00 e. The zero-order valence-corrected chi connectivity index (χ0v) is 13.6. The Morgan fingerprint density at radius 3 is 2.23 bits per heavy atom. The molecule has 2 bridgehead atoms. The summed E-state index contributed by atoms with van der Waals surface area (Å²) < 4.78 is 5.56. The van der Waals surface area contributed by atoms with Crippen molar-refractivity contribution < 1.29 is 26.9 Å². The first-order valence-corrected chi connectivity index (χ1v) is 7.66. The number of hydrogen-bond acceptors (Lipinski definition) is 3. The molecule has 1 unspecified atom stereocenters. The third kappa shape index (κ3) is 4.33. The minimum Gasteiger partial charge on any atom is -0.595 e. The Hall–Kier alpha value is -1.35. The van der Waals surface area contributed by atoms with Crippen molar-refractivity contribution in [2.24, 2.45) is 5.92 Å². The van der Waals surface area contributed by atoms with Crippen LogP contribution in [0.25, 0.3) is 0 Å². The first kappa shape index (κ1) is 17.0. The molecule has 1 aromatic rings. The van der Waals surface area contributed by atoms with Gasteiger partial charge in [-0.1, -0.05) is 24.3 Å². The second-order valence-corrected chi connectivity index (χ2v) is 5.71. The number of fused-ring (bicyclic) bond motifs is 3. The van der Waals surface area contributed by atoms with Crippen molar-refractivity contribution in [3.8, 4) is 0 Å². The molecular weight excluding hydrogens is 318 g/mol. The summed E-state index contributed by atoms with van der Waals surface area (Å²) in [4.78, 5) is 2.29. The van der Waals surface area contributed by atoms with Gasteiger partial charge in [-0.3, -0.25) is 4.90 Å². The quantitative estimate of drug-likeness (QED) is 0.472. The fourth-order valence-corrected chi connectivity index (χ4v) is 3.06. The molecule has 0 amide bonds. The van der Waals surface area contributed by atoms with Crippen molar-refractivity contribution >= 4 is 0 Å². The van der Waals surface area contributed by atoms with Gasteiger partial charge in [-0.25, -0.2) is 12.1 Å². The van der Waals surface area contributed by atoms with Crippen molar-refractivity contribution in [2.45, 2.75) is 25.5 Å². The van der Waals surface area contributed by atoms with Crippen LogP contribution in [-0.4, -0.2) is 24.2 Å². The SMILES string of the molecule is [Fe+2].[O-]C(OC1CC2CCN1CC2)=C1C=CC=C1.c1cc[cH-]c1. The summed E-state index contributed by atoms with van der Waals surface area (Å²) in [6, 6.07) is 10.0. The van der Waals surface area contributed by atoms with Crippen LogP contribution in [0.15, 0.2) is 66.2 Å². The van der Waals surface area contributed by atoms with Gasteiger partial charge in [0.25, 0.3) is 0 Å². The average Bonchev–Trinajstić information content (AvgIpc) is 3.25. The molecule has 3 aliphatic heterocycles. The van der Waals surface area contributed by atoms with Crippen molar-refractivity contribution in [3.63, 3.8) is 0 Å². The Morgan fingerprint density at radius 1 is 1.14 bits per heavy atom. The summed E-state index contributed by atoms with van der Waals surface area (Å²) >= 11 is 0. The van der Waals surface area contributed by atoms with Crippen molar-refractivity contribution in [3.05, 3.63) is 66.2 Å². The Morgan fingerprint density at radius 2 is 1.77 bits per heavy atom. The molecule has 0 spiro atoms. The molecule has 3 heterocycles. The summed E-state index contributed by atoms with van der Waals surface area (Å²) in [5.74, 6) is 0.588. The van der Waals surface area contributed by atoms with E-state index >= 15 is 0 Å². The van der Waals surface area contributed by atoms with Gasteiger partial charge in [-0.05, 0) is 43.8 Å². The van der Waals surface area contributed by atoms with Gasteiger partial charge < -0.3 is 9.84 Å². The van der Waals surface area contributed by atoms with Gasteiger partial charge in [-0.2, -0.15) is 18.2 Å². The molecule has 0 radical (unpaired) electrons. The second-order valence-electron chi connectivity index (χ2n) is 5.71. The maximum absolute atomic E-state index is 11.8. The Bertz CT molecular complexity index is 494. The van der Waals surface area contributed by atoms with Gasteiger partial charge in [0.05, 0.1) is 12.2 Å². The fourth-order valence-electron chi connectivity index (χ4n) is 3.06. The minimum absolute atomic E-state index is 0. The van der Waals surface area contributed by atoms with Crippen molar-refractivity contribution in [2.75, 3.05) is 13.1 Å². The molecule has 3 fully saturated rings. The number of piperidine rings is 3. The van der Waals surface area contributed by atoms with E-state index in [1.54, 1.807) is 12.2 Å². The summed E-state index contributed by atoms with van der Waals surface area (Å²) in [6.07, 6.45) is 10.9. The van der Waals surface area contributed by atoms with Crippen LogP contribution in [0.3, 0.4) is 0 Å². The summed E-state index contributed by atoms with van der Waals surface area (Å²) in [5.41, 5.74) is 0.669. The predicted molar refractivity (Wildman–Crippen MR) is 81.1 cm³/mol. The molecule has 118 valence electrons. The van der Waals surface area contributed by atoms with E-state index in [-0.39, 0.29) is 29.2 Å². The van der Waals surface area contributed by atoms with Crippen LogP contribution in [0.4, 0.5) is 0 Å². The maximum atomic E-state index is 11.8. The molecule has 1 aliphatic carbocycles. The van der Waals surface area contributed by atoms with Gasteiger partial charge in [-0.15, -0.1) is 0 Å². The standard InChI is InChI=1S/C13H17NO2.C5H5.Fe/c15-13(11-3-1-2-4-11)16-12-9-10-5-7-14(12)8-6-10;1-2-4-5-3-1;/h1-4,10,12,15H,5-9H2;1-5H;/q;-1;+2/p-1. The topological polar surface area (TPSA) is 35.5 Å². The normalized spacial score (nSPS) is 27.8. The van der Waals surface area contributed by atoms with E-state index < -0.39 is 0 Å².